The van der Waals surface area contributed by atoms with Gasteiger partial charge in [0.05, 0.1) is 20.3 Å². The van der Waals surface area contributed by atoms with E-state index < -0.39 is 6.10 Å². The molecule has 0 heterocycles. The summed E-state index contributed by atoms with van der Waals surface area (Å²) in [5.41, 5.74) is 6.85. The molecule has 0 amide bonds. The third-order valence-corrected chi connectivity index (χ3v) is 4.09. The van der Waals surface area contributed by atoms with Gasteiger partial charge in [0.2, 0.25) is 0 Å². The molecule has 0 aliphatic carbocycles. The molecular formula is C16H27NO3. The van der Waals surface area contributed by atoms with Crippen LogP contribution in [0.1, 0.15) is 32.3 Å². The molecular weight excluding hydrogens is 254 g/mol. The van der Waals surface area contributed by atoms with Crippen molar-refractivity contribution < 1.29 is 14.6 Å². The quantitative estimate of drug-likeness (QED) is 0.805. The minimum atomic E-state index is -0.474. The lowest BCUT2D eigenvalue weighted by Crippen LogP contribution is -2.33. The Labute approximate surface area is 121 Å². The van der Waals surface area contributed by atoms with Crippen LogP contribution in [-0.4, -0.2) is 32.0 Å². The second-order valence-electron chi connectivity index (χ2n) is 5.55. The van der Waals surface area contributed by atoms with Gasteiger partial charge >= 0.3 is 0 Å². The zero-order valence-electron chi connectivity index (χ0n) is 13.1. The van der Waals surface area contributed by atoms with Gasteiger partial charge in [-0.25, -0.2) is 0 Å². The zero-order chi connectivity index (χ0) is 15.3. The van der Waals surface area contributed by atoms with Crippen LogP contribution in [0.4, 0.5) is 0 Å². The number of ether oxygens (including phenoxy) is 2. The van der Waals surface area contributed by atoms with Crippen LogP contribution in [0, 0.1) is 11.8 Å². The Morgan fingerprint density at radius 3 is 2.15 bits per heavy atom. The average molecular weight is 281 g/mol. The maximum Gasteiger partial charge on any atom is 0.160 e. The number of benzene rings is 1. The topological polar surface area (TPSA) is 64.7 Å². The molecule has 0 saturated heterocycles. The molecule has 0 bridgehead atoms. The van der Waals surface area contributed by atoms with Crippen LogP contribution in [0.2, 0.25) is 0 Å². The summed E-state index contributed by atoms with van der Waals surface area (Å²) in [4.78, 5) is 0. The number of nitrogens with two attached hydrogens (primary N) is 1. The van der Waals surface area contributed by atoms with Crippen molar-refractivity contribution in [3.8, 4) is 11.5 Å². The van der Waals surface area contributed by atoms with Gasteiger partial charge in [-0.2, -0.15) is 0 Å². The highest BCUT2D eigenvalue weighted by molar-refractivity contribution is 5.44. The van der Waals surface area contributed by atoms with Gasteiger partial charge < -0.3 is 20.3 Å². The maximum absolute atomic E-state index is 10.5. The molecule has 1 rings (SSSR count). The normalized spacial score (nSPS) is 15.8. The van der Waals surface area contributed by atoms with Crippen molar-refractivity contribution in [2.24, 2.45) is 17.6 Å². The summed E-state index contributed by atoms with van der Waals surface area (Å²) >= 11 is 0. The molecule has 1 aromatic carbocycles. The van der Waals surface area contributed by atoms with E-state index in [0.29, 0.717) is 24.0 Å². The first kappa shape index (κ1) is 16.8. The van der Waals surface area contributed by atoms with Crippen molar-refractivity contribution in [3.05, 3.63) is 23.8 Å². The fraction of sp³-hybridized carbons (Fsp3) is 0.625. The lowest BCUT2D eigenvalue weighted by molar-refractivity contribution is 0.0683. The lowest BCUT2D eigenvalue weighted by Gasteiger charge is -2.29. The number of hydrogen-bond donors (Lipinski definition) is 2. The number of rotatable bonds is 7. The smallest absolute Gasteiger partial charge is 0.160 e. The Balaban J connectivity index is 3.06. The second-order valence-corrected chi connectivity index (χ2v) is 5.55. The molecule has 0 saturated carbocycles. The van der Waals surface area contributed by atoms with Gasteiger partial charge in [-0.15, -0.1) is 0 Å². The van der Waals surface area contributed by atoms with Gasteiger partial charge in [-0.1, -0.05) is 26.8 Å². The molecule has 0 aromatic heterocycles. The van der Waals surface area contributed by atoms with E-state index in [1.165, 1.54) is 0 Å². The summed E-state index contributed by atoms with van der Waals surface area (Å²) in [6, 6.07) is 5.69. The first-order chi connectivity index (χ1) is 9.46. The maximum atomic E-state index is 10.5. The minimum Gasteiger partial charge on any atom is -0.493 e. The van der Waals surface area contributed by atoms with Crippen LogP contribution in [0.5, 0.6) is 11.5 Å². The fourth-order valence-corrected chi connectivity index (χ4v) is 2.32. The molecule has 0 aliphatic heterocycles. The molecule has 3 atom stereocenters. The lowest BCUT2D eigenvalue weighted by atomic mass is 9.81. The molecule has 4 heteroatoms. The number of aliphatic hydroxyl groups is 1. The average Bonchev–Trinajstić information content (AvgIpc) is 2.46. The molecule has 1 aromatic rings. The standard InChI is InChI=1S/C16H27NO3/c1-10(2)11(3)16(18)13(9-17)12-6-7-14(19-4)15(8-12)20-5/h6-8,10-11,13,16,18H,9,17H2,1-5H3. The molecule has 0 aliphatic rings. The Morgan fingerprint density at radius 2 is 1.70 bits per heavy atom. The molecule has 0 fully saturated rings. The first-order valence-corrected chi connectivity index (χ1v) is 7.06. The van der Waals surface area contributed by atoms with Gasteiger partial charge in [-0.05, 0) is 29.5 Å². The fourth-order valence-electron chi connectivity index (χ4n) is 2.32. The number of hydrogen-bond acceptors (Lipinski definition) is 4. The molecule has 20 heavy (non-hydrogen) atoms. The van der Waals surface area contributed by atoms with E-state index in [1.54, 1.807) is 14.2 Å². The van der Waals surface area contributed by atoms with E-state index in [-0.39, 0.29) is 11.8 Å². The van der Waals surface area contributed by atoms with E-state index in [1.807, 2.05) is 18.2 Å². The second kappa shape index (κ2) is 7.50. The highest BCUT2D eigenvalue weighted by Crippen LogP contribution is 2.33. The van der Waals surface area contributed by atoms with E-state index in [0.717, 1.165) is 5.56 Å². The largest absolute Gasteiger partial charge is 0.493 e. The van der Waals surface area contributed by atoms with Gasteiger partial charge in [0.25, 0.3) is 0 Å². The SMILES string of the molecule is COc1ccc(C(CN)C(O)C(C)C(C)C)cc1OC. The molecule has 3 unspecified atom stereocenters. The van der Waals surface area contributed by atoms with Crippen LogP contribution >= 0.6 is 0 Å². The van der Waals surface area contributed by atoms with Crippen molar-refractivity contribution in [1.82, 2.24) is 0 Å². The number of methoxy groups -OCH3 is 2. The summed E-state index contributed by atoms with van der Waals surface area (Å²) in [6.07, 6.45) is -0.474. The Morgan fingerprint density at radius 1 is 1.10 bits per heavy atom. The first-order valence-electron chi connectivity index (χ1n) is 7.06. The van der Waals surface area contributed by atoms with Gasteiger partial charge in [-0.3, -0.25) is 0 Å². The highest BCUT2D eigenvalue weighted by Gasteiger charge is 2.27. The summed E-state index contributed by atoms with van der Waals surface area (Å²) in [6.45, 7) is 6.67. The van der Waals surface area contributed by atoms with Crippen LogP contribution in [0.15, 0.2) is 18.2 Å². The van der Waals surface area contributed by atoms with Crippen molar-refractivity contribution in [1.29, 1.82) is 0 Å². The van der Waals surface area contributed by atoms with Crippen LogP contribution in [0.25, 0.3) is 0 Å². The van der Waals surface area contributed by atoms with Crippen molar-refractivity contribution in [3.63, 3.8) is 0 Å². The zero-order valence-corrected chi connectivity index (χ0v) is 13.1. The van der Waals surface area contributed by atoms with E-state index in [9.17, 15) is 5.11 Å². The number of aliphatic hydroxyl groups excluding tert-OH is 1. The van der Waals surface area contributed by atoms with Crippen molar-refractivity contribution >= 4 is 0 Å². The molecule has 4 nitrogen and oxygen atoms in total. The van der Waals surface area contributed by atoms with Crippen molar-refractivity contribution in [2.75, 3.05) is 20.8 Å². The predicted molar refractivity (Wildman–Crippen MR) is 81.4 cm³/mol. The minimum absolute atomic E-state index is 0.104. The van der Waals surface area contributed by atoms with E-state index in [2.05, 4.69) is 20.8 Å². The van der Waals surface area contributed by atoms with Crippen LogP contribution in [0.3, 0.4) is 0 Å². The monoisotopic (exact) mass is 281 g/mol. The van der Waals surface area contributed by atoms with E-state index >= 15 is 0 Å². The highest BCUT2D eigenvalue weighted by atomic mass is 16.5. The third-order valence-electron chi connectivity index (χ3n) is 4.09. The Bertz CT molecular complexity index is 420. The van der Waals surface area contributed by atoms with Crippen LogP contribution in [-0.2, 0) is 0 Å². The Hall–Kier alpha value is -1.26. The molecule has 0 spiro atoms. The summed E-state index contributed by atoms with van der Waals surface area (Å²) in [5, 5.41) is 10.5. The summed E-state index contributed by atoms with van der Waals surface area (Å²) < 4.78 is 10.5. The van der Waals surface area contributed by atoms with Gasteiger partial charge in [0.1, 0.15) is 0 Å². The predicted octanol–water partition coefficient (Wildman–Crippen LogP) is 2.40. The summed E-state index contributed by atoms with van der Waals surface area (Å²) in [7, 11) is 3.21. The molecule has 114 valence electrons. The van der Waals surface area contributed by atoms with Gasteiger partial charge in [0, 0.05) is 12.5 Å². The molecule has 0 radical (unpaired) electrons. The van der Waals surface area contributed by atoms with Crippen molar-refractivity contribution in [2.45, 2.75) is 32.8 Å². The van der Waals surface area contributed by atoms with Gasteiger partial charge in [0.15, 0.2) is 11.5 Å². The molecule has 3 N–H and O–H groups in total. The van der Waals surface area contributed by atoms with Crippen LogP contribution < -0.4 is 15.2 Å². The Kier molecular flexibility index (Phi) is 6.30. The third kappa shape index (κ3) is 3.64. The summed E-state index contributed by atoms with van der Waals surface area (Å²) in [5.74, 6) is 1.81. The van der Waals surface area contributed by atoms with E-state index in [4.69, 9.17) is 15.2 Å².